The molecule has 0 aliphatic carbocycles. The van der Waals surface area contributed by atoms with Crippen LogP contribution in [0.25, 0.3) is 0 Å². The largest absolute Gasteiger partial charge is 0.490 e. The lowest BCUT2D eigenvalue weighted by Gasteiger charge is -2.23. The molecule has 0 fully saturated rings. The molecule has 0 saturated carbocycles. The molecule has 3 aromatic carbocycles. The van der Waals surface area contributed by atoms with Gasteiger partial charge in [-0.3, -0.25) is 19.7 Å². The average molecular weight is 467 g/mol. The molecule has 1 aliphatic heterocycles. The third-order valence-corrected chi connectivity index (χ3v) is 6.01. The van der Waals surface area contributed by atoms with E-state index >= 15 is 0 Å². The van der Waals surface area contributed by atoms with Gasteiger partial charge in [0, 0.05) is 22.2 Å². The number of amides is 1. The first-order valence-corrected chi connectivity index (χ1v) is 10.4. The number of nitro groups is 1. The second-order valence-electron chi connectivity index (χ2n) is 7.60. The molecule has 1 aliphatic rings. The highest BCUT2D eigenvalue weighted by atomic mass is 35.5. The number of rotatable bonds is 7. The number of para-hydroxylation sites is 1. The fourth-order valence-electron chi connectivity index (χ4n) is 3.97. The summed E-state index contributed by atoms with van der Waals surface area (Å²) in [5.41, 5.74) is -1.07. The zero-order valence-electron chi connectivity index (χ0n) is 17.5. The molecule has 0 radical (unpaired) electrons. The van der Waals surface area contributed by atoms with E-state index in [9.17, 15) is 24.8 Å². The third kappa shape index (κ3) is 3.94. The Bertz CT molecular complexity index is 1280. The van der Waals surface area contributed by atoms with Crippen LogP contribution in [0.2, 0.25) is 5.02 Å². The van der Waals surface area contributed by atoms with Gasteiger partial charge in [-0.05, 0) is 29.8 Å². The Morgan fingerprint density at radius 2 is 1.85 bits per heavy atom. The predicted octanol–water partition coefficient (Wildman–Crippen LogP) is 4.26. The van der Waals surface area contributed by atoms with Crippen LogP contribution in [0.5, 0.6) is 5.75 Å². The summed E-state index contributed by atoms with van der Waals surface area (Å²) < 4.78 is 4.96. The van der Waals surface area contributed by atoms with Crippen molar-refractivity contribution in [3.63, 3.8) is 0 Å². The standard InChI is InChI=1S/C24H19ClN2O6/c1-33-22-11-10-15(12-20(22)27(31)32)21(28)13-24(30)17-7-3-5-9-19(17)26(23(24)29)14-16-6-2-4-8-18(16)25/h2-12,30H,13-14H2,1H3. The minimum atomic E-state index is -2.12. The number of anilines is 1. The second kappa shape index (κ2) is 8.65. The Balaban J connectivity index is 1.68. The number of fused-ring (bicyclic) bond motifs is 1. The number of hydrogen-bond donors (Lipinski definition) is 1. The molecule has 1 unspecified atom stereocenters. The third-order valence-electron chi connectivity index (χ3n) is 5.64. The predicted molar refractivity (Wildman–Crippen MR) is 122 cm³/mol. The van der Waals surface area contributed by atoms with Crippen LogP contribution in [0, 0.1) is 10.1 Å². The van der Waals surface area contributed by atoms with Crippen LogP contribution < -0.4 is 9.64 Å². The first kappa shape index (κ1) is 22.4. The SMILES string of the molecule is COc1ccc(C(=O)CC2(O)C(=O)N(Cc3ccccc3Cl)c3ccccc32)cc1[N+](=O)[O-]. The van der Waals surface area contributed by atoms with Gasteiger partial charge in [-0.25, -0.2) is 0 Å². The lowest BCUT2D eigenvalue weighted by atomic mass is 9.88. The van der Waals surface area contributed by atoms with Gasteiger partial charge in [-0.2, -0.15) is 0 Å². The maximum Gasteiger partial charge on any atom is 0.311 e. The summed E-state index contributed by atoms with van der Waals surface area (Å²) in [5.74, 6) is -1.28. The van der Waals surface area contributed by atoms with Crippen molar-refractivity contribution in [2.45, 2.75) is 18.6 Å². The summed E-state index contributed by atoms with van der Waals surface area (Å²) in [4.78, 5) is 38.5. The van der Waals surface area contributed by atoms with Gasteiger partial charge in [0.2, 0.25) is 0 Å². The van der Waals surface area contributed by atoms with Crippen LogP contribution in [-0.4, -0.2) is 28.8 Å². The zero-order valence-corrected chi connectivity index (χ0v) is 18.3. The summed E-state index contributed by atoms with van der Waals surface area (Å²) in [5, 5.41) is 23.2. The number of ketones is 1. The van der Waals surface area contributed by atoms with Gasteiger partial charge in [-0.15, -0.1) is 0 Å². The summed E-state index contributed by atoms with van der Waals surface area (Å²) in [6.45, 7) is 0.111. The van der Waals surface area contributed by atoms with Gasteiger partial charge in [0.15, 0.2) is 17.1 Å². The number of nitro benzene ring substituents is 1. The van der Waals surface area contributed by atoms with Crippen LogP contribution in [-0.2, 0) is 16.9 Å². The van der Waals surface area contributed by atoms with E-state index in [1.807, 2.05) is 0 Å². The molecule has 1 amide bonds. The molecule has 0 aromatic heterocycles. The van der Waals surface area contributed by atoms with E-state index in [2.05, 4.69) is 0 Å². The van der Waals surface area contributed by atoms with Crippen molar-refractivity contribution in [3.05, 3.63) is 98.6 Å². The first-order valence-electron chi connectivity index (χ1n) is 9.99. The lowest BCUT2D eigenvalue weighted by molar-refractivity contribution is -0.385. The van der Waals surface area contributed by atoms with E-state index in [0.29, 0.717) is 21.8 Å². The van der Waals surface area contributed by atoms with Crippen LogP contribution in [0.1, 0.15) is 27.9 Å². The minimum Gasteiger partial charge on any atom is -0.490 e. The molecular weight excluding hydrogens is 448 g/mol. The van der Waals surface area contributed by atoms with E-state index in [4.69, 9.17) is 16.3 Å². The van der Waals surface area contributed by atoms with Crippen LogP contribution in [0.15, 0.2) is 66.7 Å². The van der Waals surface area contributed by atoms with Crippen LogP contribution >= 0.6 is 11.6 Å². The minimum absolute atomic E-state index is 0.00321. The van der Waals surface area contributed by atoms with Crippen molar-refractivity contribution >= 4 is 34.7 Å². The quantitative estimate of drug-likeness (QED) is 0.316. The maximum atomic E-state index is 13.4. The smallest absolute Gasteiger partial charge is 0.311 e. The highest BCUT2D eigenvalue weighted by molar-refractivity contribution is 6.31. The lowest BCUT2D eigenvalue weighted by Crippen LogP contribution is -2.41. The molecule has 33 heavy (non-hydrogen) atoms. The van der Waals surface area contributed by atoms with Crippen LogP contribution in [0.4, 0.5) is 11.4 Å². The maximum absolute atomic E-state index is 13.4. The molecule has 0 saturated heterocycles. The molecule has 168 valence electrons. The van der Waals surface area contributed by atoms with Crippen molar-refractivity contribution in [1.29, 1.82) is 0 Å². The molecule has 3 aromatic rings. The van der Waals surface area contributed by atoms with E-state index in [0.717, 1.165) is 6.07 Å². The average Bonchev–Trinajstić information content (AvgIpc) is 3.01. The number of nitrogens with zero attached hydrogens (tertiary/aromatic N) is 2. The van der Waals surface area contributed by atoms with Gasteiger partial charge in [0.05, 0.1) is 30.7 Å². The van der Waals surface area contributed by atoms with Gasteiger partial charge in [0.25, 0.3) is 5.91 Å². The topological polar surface area (TPSA) is 110 Å². The Labute approximate surface area is 194 Å². The fraction of sp³-hybridized carbons (Fsp3) is 0.167. The number of carbonyl (C=O) groups excluding carboxylic acids is 2. The van der Waals surface area contributed by atoms with Gasteiger partial charge >= 0.3 is 5.69 Å². The molecule has 0 bridgehead atoms. The molecule has 9 heteroatoms. The molecule has 8 nitrogen and oxygen atoms in total. The molecule has 1 N–H and O–H groups in total. The summed E-state index contributed by atoms with van der Waals surface area (Å²) in [6, 6.07) is 17.5. The van der Waals surface area contributed by atoms with Gasteiger partial charge in [-0.1, -0.05) is 48.0 Å². The molecular formula is C24H19ClN2O6. The highest BCUT2D eigenvalue weighted by Crippen LogP contribution is 2.44. The summed E-state index contributed by atoms with van der Waals surface area (Å²) >= 11 is 6.26. The van der Waals surface area contributed by atoms with Gasteiger partial charge in [0.1, 0.15) is 0 Å². The second-order valence-corrected chi connectivity index (χ2v) is 8.01. The van der Waals surface area contributed by atoms with E-state index in [-0.39, 0.29) is 23.5 Å². The first-order chi connectivity index (χ1) is 15.8. The van der Waals surface area contributed by atoms with E-state index in [1.54, 1.807) is 48.5 Å². The van der Waals surface area contributed by atoms with E-state index in [1.165, 1.54) is 24.1 Å². The Morgan fingerprint density at radius 1 is 1.15 bits per heavy atom. The molecule has 1 heterocycles. The van der Waals surface area contributed by atoms with Crippen molar-refractivity contribution in [1.82, 2.24) is 0 Å². The number of carbonyl (C=O) groups is 2. The van der Waals surface area contributed by atoms with Crippen molar-refractivity contribution in [3.8, 4) is 5.75 Å². The number of Topliss-reactive ketones (excluding diaryl/α,β-unsaturated/α-hetero) is 1. The molecule has 4 rings (SSSR count). The zero-order chi connectivity index (χ0) is 23.8. The van der Waals surface area contributed by atoms with Crippen LogP contribution in [0.3, 0.4) is 0 Å². The Kier molecular flexibility index (Phi) is 5.88. The van der Waals surface area contributed by atoms with E-state index < -0.39 is 28.6 Å². The van der Waals surface area contributed by atoms with Crippen molar-refractivity contribution < 1.29 is 24.4 Å². The number of ether oxygens (including phenoxy) is 1. The number of aliphatic hydroxyl groups is 1. The molecule has 0 spiro atoms. The summed E-state index contributed by atoms with van der Waals surface area (Å²) in [7, 11) is 1.29. The molecule has 1 atom stereocenters. The Morgan fingerprint density at radius 3 is 2.55 bits per heavy atom. The number of halogens is 1. The van der Waals surface area contributed by atoms with Crippen molar-refractivity contribution in [2.75, 3.05) is 12.0 Å². The highest BCUT2D eigenvalue weighted by Gasteiger charge is 2.51. The van der Waals surface area contributed by atoms with Crippen molar-refractivity contribution in [2.24, 2.45) is 0 Å². The fourth-order valence-corrected chi connectivity index (χ4v) is 4.17. The summed E-state index contributed by atoms with van der Waals surface area (Å²) in [6.07, 6.45) is -0.578. The Hall–Kier alpha value is -3.75. The normalized spacial score (nSPS) is 17.1. The number of hydrogen-bond acceptors (Lipinski definition) is 6. The number of benzene rings is 3. The monoisotopic (exact) mass is 466 g/mol. The van der Waals surface area contributed by atoms with Gasteiger partial charge < -0.3 is 14.7 Å². The number of methoxy groups -OCH3 is 1.